The van der Waals surface area contributed by atoms with Gasteiger partial charge in [-0.2, -0.15) is 17.4 Å². The van der Waals surface area contributed by atoms with E-state index in [9.17, 15) is 8.42 Å². The summed E-state index contributed by atoms with van der Waals surface area (Å²) in [5, 5.41) is 3.30. The number of fused-ring (bicyclic) bond motifs is 1. The van der Waals surface area contributed by atoms with Crippen molar-refractivity contribution in [1.29, 1.82) is 0 Å². The summed E-state index contributed by atoms with van der Waals surface area (Å²) in [5.41, 5.74) is 3.62. The van der Waals surface area contributed by atoms with Crippen molar-refractivity contribution in [2.75, 3.05) is 13.1 Å². The summed E-state index contributed by atoms with van der Waals surface area (Å²) >= 11 is 0. The largest absolute Gasteiger partial charge is 0.309 e. The molecule has 1 fully saturated rings. The summed E-state index contributed by atoms with van der Waals surface area (Å²) in [6.07, 6.45) is 4.19. The number of hydrogen-bond acceptors (Lipinski definition) is 3. The second kappa shape index (κ2) is 6.44. The molecule has 1 aromatic carbocycles. The molecule has 0 saturated carbocycles. The van der Waals surface area contributed by atoms with E-state index in [0.29, 0.717) is 19.6 Å². The Hall–Kier alpha value is -0.950. The van der Waals surface area contributed by atoms with E-state index in [1.165, 1.54) is 11.1 Å². The van der Waals surface area contributed by atoms with Gasteiger partial charge in [-0.15, -0.1) is 0 Å². The molecule has 116 valence electrons. The molecule has 0 atom stereocenters. The fourth-order valence-electron chi connectivity index (χ4n) is 3.01. The van der Waals surface area contributed by atoms with Crippen molar-refractivity contribution in [2.45, 2.75) is 45.3 Å². The minimum atomic E-state index is -3.35. The normalized spacial score (nSPS) is 20.2. The smallest absolute Gasteiger partial charge is 0.279 e. The van der Waals surface area contributed by atoms with Crippen molar-refractivity contribution in [3.63, 3.8) is 0 Å². The molecule has 6 heteroatoms. The van der Waals surface area contributed by atoms with Gasteiger partial charge in [-0.1, -0.05) is 31.0 Å². The van der Waals surface area contributed by atoms with Gasteiger partial charge in [0.1, 0.15) is 0 Å². The van der Waals surface area contributed by atoms with Gasteiger partial charge in [-0.25, -0.2) is 0 Å². The summed E-state index contributed by atoms with van der Waals surface area (Å²) in [5.74, 6) is 0. The van der Waals surface area contributed by atoms with Crippen molar-refractivity contribution in [3.8, 4) is 0 Å². The Labute approximate surface area is 126 Å². The summed E-state index contributed by atoms with van der Waals surface area (Å²) in [4.78, 5) is 0. The molecule has 0 aliphatic carbocycles. The van der Waals surface area contributed by atoms with Gasteiger partial charge >= 0.3 is 0 Å². The summed E-state index contributed by atoms with van der Waals surface area (Å²) in [6, 6.07) is 6.20. The van der Waals surface area contributed by atoms with Crippen LogP contribution in [0.1, 0.15) is 42.4 Å². The lowest BCUT2D eigenvalue weighted by atomic mass is 10.1. The van der Waals surface area contributed by atoms with Crippen LogP contribution >= 0.6 is 0 Å². The van der Waals surface area contributed by atoms with Crippen LogP contribution in [-0.2, 0) is 29.8 Å². The third-order valence-corrected chi connectivity index (χ3v) is 5.82. The second-order valence-electron chi connectivity index (χ2n) is 5.85. The highest BCUT2D eigenvalue weighted by Gasteiger charge is 2.22. The van der Waals surface area contributed by atoms with E-state index in [2.05, 4.69) is 22.2 Å². The van der Waals surface area contributed by atoms with Crippen LogP contribution in [0.3, 0.4) is 0 Å². The predicted octanol–water partition coefficient (Wildman–Crippen LogP) is 1.50. The minimum Gasteiger partial charge on any atom is -0.309 e. The number of hydrogen-bond donors (Lipinski definition) is 2. The van der Waals surface area contributed by atoms with Crippen molar-refractivity contribution < 1.29 is 8.42 Å². The molecule has 2 N–H and O–H groups in total. The van der Waals surface area contributed by atoms with E-state index >= 15 is 0 Å². The highest BCUT2D eigenvalue weighted by molar-refractivity contribution is 7.87. The third-order valence-electron chi connectivity index (χ3n) is 4.27. The SMILES string of the molecule is O=S(=O)(NCc1ccc2c(c1)CNC2)N1CCCCCC1. The van der Waals surface area contributed by atoms with Gasteiger partial charge in [0.15, 0.2) is 0 Å². The van der Waals surface area contributed by atoms with Crippen molar-refractivity contribution in [2.24, 2.45) is 0 Å². The van der Waals surface area contributed by atoms with Crippen molar-refractivity contribution in [3.05, 3.63) is 34.9 Å². The van der Waals surface area contributed by atoms with Crippen molar-refractivity contribution >= 4 is 10.2 Å². The van der Waals surface area contributed by atoms with Crippen LogP contribution in [0, 0.1) is 0 Å². The molecule has 0 spiro atoms. The standard InChI is InChI=1S/C15H23N3O2S/c19-21(20,18-7-3-1-2-4-8-18)17-10-13-5-6-14-11-16-12-15(14)9-13/h5-6,9,16-17H,1-4,7-8,10-12H2. The molecule has 0 radical (unpaired) electrons. The quantitative estimate of drug-likeness (QED) is 0.886. The maximum atomic E-state index is 12.3. The Morgan fingerprint density at radius 3 is 2.52 bits per heavy atom. The summed E-state index contributed by atoms with van der Waals surface area (Å²) in [6.45, 7) is 3.44. The molecule has 5 nitrogen and oxygen atoms in total. The van der Waals surface area contributed by atoms with Gasteiger partial charge in [0.25, 0.3) is 10.2 Å². The fourth-order valence-corrected chi connectivity index (χ4v) is 4.28. The topological polar surface area (TPSA) is 61.4 Å². The maximum Gasteiger partial charge on any atom is 0.279 e. The lowest BCUT2D eigenvalue weighted by Gasteiger charge is -2.20. The fraction of sp³-hybridized carbons (Fsp3) is 0.600. The minimum absolute atomic E-state index is 0.367. The Balaban J connectivity index is 1.63. The molecule has 0 unspecified atom stereocenters. The number of nitrogens with one attached hydrogen (secondary N) is 2. The first-order valence-corrected chi connectivity index (χ1v) is 9.15. The molecule has 2 aliphatic rings. The van der Waals surface area contributed by atoms with Crippen LogP contribution in [0.15, 0.2) is 18.2 Å². The Morgan fingerprint density at radius 1 is 1.05 bits per heavy atom. The van der Waals surface area contributed by atoms with E-state index in [-0.39, 0.29) is 0 Å². The molecule has 2 heterocycles. The van der Waals surface area contributed by atoms with E-state index in [1.54, 1.807) is 4.31 Å². The van der Waals surface area contributed by atoms with Crippen LogP contribution in [0.5, 0.6) is 0 Å². The van der Waals surface area contributed by atoms with Crippen LogP contribution in [0.25, 0.3) is 0 Å². The molecular formula is C15H23N3O2S. The zero-order chi connectivity index (χ0) is 14.7. The third kappa shape index (κ3) is 3.63. The number of rotatable bonds is 4. The average Bonchev–Trinajstić information content (AvgIpc) is 2.76. The van der Waals surface area contributed by atoms with Gasteiger partial charge < -0.3 is 5.32 Å². The number of nitrogens with zero attached hydrogens (tertiary/aromatic N) is 1. The summed E-state index contributed by atoms with van der Waals surface area (Å²) < 4.78 is 29.0. The molecule has 0 amide bonds. The van der Waals surface area contributed by atoms with Crippen LogP contribution < -0.4 is 10.0 Å². The monoisotopic (exact) mass is 309 g/mol. The van der Waals surface area contributed by atoms with Crippen molar-refractivity contribution in [1.82, 2.24) is 14.3 Å². The molecular weight excluding hydrogens is 286 g/mol. The molecule has 21 heavy (non-hydrogen) atoms. The van der Waals surface area contributed by atoms with E-state index in [0.717, 1.165) is 44.3 Å². The van der Waals surface area contributed by atoms with Gasteiger partial charge in [0.2, 0.25) is 0 Å². The maximum absolute atomic E-state index is 12.3. The first-order valence-electron chi connectivity index (χ1n) is 7.71. The van der Waals surface area contributed by atoms with Crippen LogP contribution in [0.2, 0.25) is 0 Å². The van der Waals surface area contributed by atoms with E-state index in [1.807, 2.05) is 6.07 Å². The molecule has 1 aromatic rings. The zero-order valence-corrected chi connectivity index (χ0v) is 13.1. The van der Waals surface area contributed by atoms with Crippen LogP contribution in [-0.4, -0.2) is 25.8 Å². The zero-order valence-electron chi connectivity index (χ0n) is 12.3. The van der Waals surface area contributed by atoms with Gasteiger partial charge in [0, 0.05) is 32.7 Å². The molecule has 3 rings (SSSR count). The molecule has 0 bridgehead atoms. The highest BCUT2D eigenvalue weighted by Crippen LogP contribution is 2.17. The lowest BCUT2D eigenvalue weighted by Crippen LogP contribution is -2.40. The molecule has 0 aromatic heterocycles. The first kappa shape index (κ1) is 15.0. The molecule has 1 saturated heterocycles. The second-order valence-corrected chi connectivity index (χ2v) is 7.60. The van der Waals surface area contributed by atoms with Gasteiger partial charge in [0.05, 0.1) is 0 Å². The number of benzene rings is 1. The first-order chi connectivity index (χ1) is 10.1. The Morgan fingerprint density at radius 2 is 1.76 bits per heavy atom. The van der Waals surface area contributed by atoms with Gasteiger partial charge in [-0.3, -0.25) is 0 Å². The van der Waals surface area contributed by atoms with Crippen LogP contribution in [0.4, 0.5) is 0 Å². The Kier molecular flexibility index (Phi) is 4.59. The van der Waals surface area contributed by atoms with Gasteiger partial charge in [-0.05, 0) is 29.5 Å². The van der Waals surface area contributed by atoms with E-state index in [4.69, 9.17) is 0 Å². The summed E-state index contributed by atoms with van der Waals surface area (Å²) in [7, 11) is -3.35. The molecule has 2 aliphatic heterocycles. The predicted molar refractivity (Wildman–Crippen MR) is 82.8 cm³/mol. The highest BCUT2D eigenvalue weighted by atomic mass is 32.2. The Bertz CT molecular complexity index is 593. The average molecular weight is 309 g/mol. The lowest BCUT2D eigenvalue weighted by molar-refractivity contribution is 0.414. The van der Waals surface area contributed by atoms with E-state index < -0.39 is 10.2 Å².